The number of aromatic nitrogens is 3. The van der Waals surface area contributed by atoms with Crippen molar-refractivity contribution in [2.45, 2.75) is 19.4 Å². The Kier molecular flexibility index (Phi) is 5.09. The van der Waals surface area contributed by atoms with Crippen LogP contribution in [0.2, 0.25) is 0 Å². The molecule has 0 aliphatic rings. The van der Waals surface area contributed by atoms with Crippen LogP contribution in [0.4, 0.5) is 5.82 Å². The SMILES string of the molecule is COc1cc2ncc3c(N)nc(-c4cncc(C#CC(C)(C)N)c4)cc3c2cc1OC. The minimum atomic E-state index is -0.590. The molecule has 3 aromatic heterocycles. The Morgan fingerprint density at radius 1 is 0.903 bits per heavy atom. The predicted molar refractivity (Wildman–Crippen MR) is 123 cm³/mol. The highest BCUT2D eigenvalue weighted by molar-refractivity contribution is 6.10. The zero-order valence-corrected chi connectivity index (χ0v) is 17.9. The molecule has 4 N–H and O–H groups in total. The Morgan fingerprint density at radius 3 is 2.35 bits per heavy atom. The third kappa shape index (κ3) is 4.06. The molecule has 0 saturated carbocycles. The summed E-state index contributed by atoms with van der Waals surface area (Å²) in [4.78, 5) is 13.4. The third-order valence-electron chi connectivity index (χ3n) is 4.78. The average Bonchev–Trinajstić information content (AvgIpc) is 2.76. The maximum absolute atomic E-state index is 6.29. The third-order valence-corrected chi connectivity index (χ3v) is 4.78. The second-order valence-electron chi connectivity index (χ2n) is 7.77. The van der Waals surface area contributed by atoms with Crippen LogP contribution in [-0.4, -0.2) is 34.7 Å². The summed E-state index contributed by atoms with van der Waals surface area (Å²) in [5, 5.41) is 2.56. The second-order valence-corrected chi connectivity index (χ2v) is 7.77. The van der Waals surface area contributed by atoms with Gasteiger partial charge in [0.15, 0.2) is 11.5 Å². The van der Waals surface area contributed by atoms with E-state index in [1.54, 1.807) is 32.8 Å². The number of nitrogen functional groups attached to an aromatic ring is 1. The molecule has 3 heterocycles. The number of nitrogens with zero attached hydrogens (tertiary/aromatic N) is 3. The van der Waals surface area contributed by atoms with Gasteiger partial charge in [-0.25, -0.2) is 4.98 Å². The number of anilines is 1. The monoisotopic (exact) mass is 413 g/mol. The van der Waals surface area contributed by atoms with Crippen molar-refractivity contribution in [3.63, 3.8) is 0 Å². The summed E-state index contributed by atoms with van der Waals surface area (Å²) in [6, 6.07) is 7.64. The van der Waals surface area contributed by atoms with E-state index in [0.717, 1.165) is 32.8 Å². The summed E-state index contributed by atoms with van der Waals surface area (Å²) in [5.41, 5.74) is 14.7. The molecule has 0 radical (unpaired) electrons. The molecule has 0 fully saturated rings. The second kappa shape index (κ2) is 7.74. The summed E-state index contributed by atoms with van der Waals surface area (Å²) in [6.45, 7) is 3.70. The fourth-order valence-electron chi connectivity index (χ4n) is 3.29. The minimum absolute atomic E-state index is 0.385. The molecule has 0 aliphatic heterocycles. The summed E-state index contributed by atoms with van der Waals surface area (Å²) < 4.78 is 10.9. The van der Waals surface area contributed by atoms with Crippen LogP contribution >= 0.6 is 0 Å². The van der Waals surface area contributed by atoms with Gasteiger partial charge in [-0.05, 0) is 37.4 Å². The molecular weight excluding hydrogens is 390 g/mol. The normalized spacial score (nSPS) is 11.3. The van der Waals surface area contributed by atoms with Gasteiger partial charge in [0.05, 0.1) is 31.0 Å². The van der Waals surface area contributed by atoms with E-state index in [9.17, 15) is 0 Å². The van der Waals surface area contributed by atoms with Crippen molar-refractivity contribution < 1.29 is 9.47 Å². The van der Waals surface area contributed by atoms with E-state index in [1.165, 1.54) is 0 Å². The number of fused-ring (bicyclic) bond motifs is 3. The molecule has 4 aromatic rings. The van der Waals surface area contributed by atoms with Crippen molar-refractivity contribution in [1.82, 2.24) is 15.0 Å². The lowest BCUT2D eigenvalue weighted by Gasteiger charge is -2.12. The van der Waals surface area contributed by atoms with Gasteiger partial charge >= 0.3 is 0 Å². The predicted octanol–water partition coefficient (Wildman–Crippen LogP) is 3.53. The Hall–Kier alpha value is -3.89. The van der Waals surface area contributed by atoms with Crippen LogP contribution in [0, 0.1) is 11.8 Å². The van der Waals surface area contributed by atoms with Crippen LogP contribution in [0.15, 0.2) is 42.9 Å². The van der Waals surface area contributed by atoms with Crippen LogP contribution in [0.1, 0.15) is 19.4 Å². The van der Waals surface area contributed by atoms with Gasteiger partial charge in [-0.3, -0.25) is 9.97 Å². The first-order valence-electron chi connectivity index (χ1n) is 9.67. The van der Waals surface area contributed by atoms with E-state index in [-0.39, 0.29) is 0 Å². The first-order valence-corrected chi connectivity index (χ1v) is 9.67. The molecule has 31 heavy (non-hydrogen) atoms. The lowest BCUT2D eigenvalue weighted by molar-refractivity contribution is 0.356. The Morgan fingerprint density at radius 2 is 1.65 bits per heavy atom. The molecule has 7 heteroatoms. The van der Waals surface area contributed by atoms with E-state index in [2.05, 4.69) is 26.8 Å². The van der Waals surface area contributed by atoms with Crippen LogP contribution in [-0.2, 0) is 0 Å². The van der Waals surface area contributed by atoms with Crippen molar-refractivity contribution in [2.75, 3.05) is 20.0 Å². The van der Waals surface area contributed by atoms with Gasteiger partial charge in [-0.15, -0.1) is 0 Å². The molecule has 0 aliphatic carbocycles. The van der Waals surface area contributed by atoms with Crippen molar-refractivity contribution in [2.24, 2.45) is 5.73 Å². The number of methoxy groups -OCH3 is 2. The highest BCUT2D eigenvalue weighted by Crippen LogP contribution is 2.36. The lowest BCUT2D eigenvalue weighted by atomic mass is 10.0. The van der Waals surface area contributed by atoms with Crippen molar-refractivity contribution >= 4 is 27.5 Å². The molecule has 0 bridgehead atoms. The number of hydrogen-bond acceptors (Lipinski definition) is 7. The number of benzene rings is 1. The first-order chi connectivity index (χ1) is 14.8. The smallest absolute Gasteiger partial charge is 0.162 e. The number of nitrogens with two attached hydrogens (primary N) is 2. The first kappa shape index (κ1) is 20.4. The van der Waals surface area contributed by atoms with Gasteiger partial charge in [-0.2, -0.15) is 0 Å². The summed E-state index contributed by atoms with van der Waals surface area (Å²) in [5.74, 6) is 7.70. The van der Waals surface area contributed by atoms with Gasteiger partial charge < -0.3 is 20.9 Å². The molecule has 4 rings (SSSR count). The molecular formula is C24H23N5O2. The zero-order chi connectivity index (χ0) is 22.2. The fourth-order valence-corrected chi connectivity index (χ4v) is 3.29. The molecule has 156 valence electrons. The highest BCUT2D eigenvalue weighted by Gasteiger charge is 2.13. The molecule has 0 spiro atoms. The largest absolute Gasteiger partial charge is 0.493 e. The average molecular weight is 413 g/mol. The Labute approximate surface area is 180 Å². The molecule has 7 nitrogen and oxygen atoms in total. The quantitative estimate of drug-likeness (QED) is 0.390. The van der Waals surface area contributed by atoms with Crippen molar-refractivity contribution in [1.29, 1.82) is 0 Å². The number of ether oxygens (including phenoxy) is 2. The molecule has 0 atom stereocenters. The van der Waals surface area contributed by atoms with Gasteiger partial charge in [0.1, 0.15) is 5.82 Å². The number of rotatable bonds is 3. The number of pyridine rings is 3. The Balaban J connectivity index is 1.92. The van der Waals surface area contributed by atoms with Crippen molar-refractivity contribution in [3.05, 3.63) is 48.4 Å². The minimum Gasteiger partial charge on any atom is -0.493 e. The maximum atomic E-state index is 6.29. The maximum Gasteiger partial charge on any atom is 0.162 e. The summed E-state index contributed by atoms with van der Waals surface area (Å²) in [6.07, 6.45) is 5.15. The van der Waals surface area contributed by atoms with E-state index < -0.39 is 5.54 Å². The van der Waals surface area contributed by atoms with Gasteiger partial charge in [0.2, 0.25) is 0 Å². The van der Waals surface area contributed by atoms with Gasteiger partial charge in [0.25, 0.3) is 0 Å². The van der Waals surface area contributed by atoms with Gasteiger partial charge in [-0.1, -0.05) is 11.8 Å². The van der Waals surface area contributed by atoms with E-state index in [4.69, 9.17) is 20.9 Å². The standard InChI is InChI=1S/C24H23N5O2/c1-24(2,26)6-5-14-7-15(12-27-11-14)19-8-16-17-9-21(30-3)22(31-4)10-20(17)28-13-18(16)23(25)29-19/h7-13H,26H2,1-4H3,(H2,25,29). The van der Waals surface area contributed by atoms with Crippen LogP contribution < -0.4 is 20.9 Å². The van der Waals surface area contributed by atoms with Gasteiger partial charge in [0, 0.05) is 46.6 Å². The summed E-state index contributed by atoms with van der Waals surface area (Å²) >= 11 is 0. The molecule has 0 saturated heterocycles. The zero-order valence-electron chi connectivity index (χ0n) is 17.9. The molecule has 0 amide bonds. The van der Waals surface area contributed by atoms with Crippen molar-refractivity contribution in [3.8, 4) is 34.6 Å². The highest BCUT2D eigenvalue weighted by atomic mass is 16.5. The lowest BCUT2D eigenvalue weighted by Crippen LogP contribution is -2.29. The van der Waals surface area contributed by atoms with Crippen LogP contribution in [0.5, 0.6) is 11.5 Å². The topological polar surface area (TPSA) is 109 Å². The van der Waals surface area contributed by atoms with E-state index >= 15 is 0 Å². The summed E-state index contributed by atoms with van der Waals surface area (Å²) in [7, 11) is 3.20. The number of hydrogen-bond donors (Lipinski definition) is 2. The Bertz CT molecular complexity index is 1360. The fraction of sp³-hybridized carbons (Fsp3) is 0.208. The van der Waals surface area contributed by atoms with Crippen LogP contribution in [0.3, 0.4) is 0 Å². The van der Waals surface area contributed by atoms with Crippen LogP contribution in [0.25, 0.3) is 32.9 Å². The van der Waals surface area contributed by atoms with E-state index in [1.807, 2.05) is 38.1 Å². The van der Waals surface area contributed by atoms with E-state index in [0.29, 0.717) is 23.0 Å². The molecule has 0 unspecified atom stereocenters. The molecule has 1 aromatic carbocycles.